The molecule has 104 valence electrons. The number of hydrogen-bond acceptors (Lipinski definition) is 4. The molecule has 2 N–H and O–H groups in total. The Morgan fingerprint density at radius 3 is 2.50 bits per heavy atom. The summed E-state index contributed by atoms with van der Waals surface area (Å²) in [5.74, 6) is 1.12. The zero-order valence-electron chi connectivity index (χ0n) is 10.7. The first-order chi connectivity index (χ1) is 9.72. The van der Waals surface area contributed by atoms with Crippen LogP contribution in [-0.2, 0) is 13.1 Å². The van der Waals surface area contributed by atoms with Crippen LogP contribution >= 0.6 is 0 Å². The maximum atomic E-state index is 12.8. The predicted molar refractivity (Wildman–Crippen MR) is 71.2 cm³/mol. The molecule has 0 atom stereocenters. The van der Waals surface area contributed by atoms with E-state index in [-0.39, 0.29) is 18.4 Å². The van der Waals surface area contributed by atoms with Gasteiger partial charge in [-0.1, -0.05) is 12.1 Å². The van der Waals surface area contributed by atoms with Crippen LogP contribution in [-0.4, -0.2) is 11.9 Å². The van der Waals surface area contributed by atoms with Crippen molar-refractivity contribution >= 4 is 0 Å². The molecule has 0 spiro atoms. The van der Waals surface area contributed by atoms with Gasteiger partial charge in [-0.05, 0) is 23.8 Å². The largest absolute Gasteiger partial charge is 0.507 e. The SMILES string of the molecule is Oc1cc2c(cc1CNCc1ccc(F)cc1)OCO2. The highest BCUT2D eigenvalue weighted by atomic mass is 19.1. The maximum absolute atomic E-state index is 12.8. The lowest BCUT2D eigenvalue weighted by molar-refractivity contribution is 0.174. The van der Waals surface area contributed by atoms with Gasteiger partial charge in [0.05, 0.1) is 0 Å². The van der Waals surface area contributed by atoms with Gasteiger partial charge in [-0.3, -0.25) is 0 Å². The van der Waals surface area contributed by atoms with Crippen molar-refractivity contribution in [1.29, 1.82) is 0 Å². The molecule has 4 nitrogen and oxygen atoms in total. The van der Waals surface area contributed by atoms with Crippen molar-refractivity contribution in [3.63, 3.8) is 0 Å². The Morgan fingerprint density at radius 1 is 1.05 bits per heavy atom. The van der Waals surface area contributed by atoms with E-state index >= 15 is 0 Å². The molecular formula is C15H14FNO3. The average molecular weight is 275 g/mol. The van der Waals surface area contributed by atoms with E-state index in [0.29, 0.717) is 24.6 Å². The van der Waals surface area contributed by atoms with Crippen LogP contribution in [0.4, 0.5) is 4.39 Å². The van der Waals surface area contributed by atoms with Gasteiger partial charge in [-0.2, -0.15) is 0 Å². The summed E-state index contributed by atoms with van der Waals surface area (Å²) in [6, 6.07) is 9.61. The third-order valence-electron chi connectivity index (χ3n) is 3.13. The number of nitrogens with one attached hydrogen (secondary N) is 1. The lowest BCUT2D eigenvalue weighted by Gasteiger charge is -2.08. The molecule has 1 aliphatic rings. The molecule has 0 saturated heterocycles. The van der Waals surface area contributed by atoms with Crippen molar-refractivity contribution in [3.05, 3.63) is 53.3 Å². The van der Waals surface area contributed by atoms with E-state index in [0.717, 1.165) is 11.1 Å². The third kappa shape index (κ3) is 2.67. The van der Waals surface area contributed by atoms with E-state index in [9.17, 15) is 9.50 Å². The second-order valence-electron chi connectivity index (χ2n) is 4.56. The summed E-state index contributed by atoms with van der Waals surface area (Å²) in [6.07, 6.45) is 0. The normalized spacial score (nSPS) is 12.7. The van der Waals surface area contributed by atoms with Crippen molar-refractivity contribution in [3.8, 4) is 17.2 Å². The number of ether oxygens (including phenoxy) is 2. The first-order valence-corrected chi connectivity index (χ1v) is 6.29. The topological polar surface area (TPSA) is 50.7 Å². The average Bonchev–Trinajstić information content (AvgIpc) is 2.88. The number of fused-ring (bicyclic) bond motifs is 1. The van der Waals surface area contributed by atoms with Crippen LogP contribution in [0, 0.1) is 5.82 Å². The lowest BCUT2D eigenvalue weighted by atomic mass is 10.1. The molecule has 20 heavy (non-hydrogen) atoms. The van der Waals surface area contributed by atoms with Gasteiger partial charge in [0.25, 0.3) is 0 Å². The highest BCUT2D eigenvalue weighted by Gasteiger charge is 2.16. The van der Waals surface area contributed by atoms with Crippen molar-refractivity contribution in [2.45, 2.75) is 13.1 Å². The summed E-state index contributed by atoms with van der Waals surface area (Å²) in [5, 5.41) is 13.1. The summed E-state index contributed by atoms with van der Waals surface area (Å²) >= 11 is 0. The number of benzene rings is 2. The Morgan fingerprint density at radius 2 is 1.75 bits per heavy atom. The summed E-state index contributed by atoms with van der Waals surface area (Å²) in [5.41, 5.74) is 1.71. The van der Waals surface area contributed by atoms with E-state index in [1.807, 2.05) is 0 Å². The van der Waals surface area contributed by atoms with Gasteiger partial charge in [-0.25, -0.2) is 4.39 Å². The number of phenolic OH excluding ortho intramolecular Hbond substituents is 1. The Balaban J connectivity index is 1.62. The van der Waals surface area contributed by atoms with E-state index in [2.05, 4.69) is 5.32 Å². The third-order valence-corrected chi connectivity index (χ3v) is 3.13. The standard InChI is InChI=1S/C15H14FNO3/c16-12-3-1-10(2-4-12)7-17-8-11-5-14-15(6-13(11)18)20-9-19-14/h1-6,17-18H,7-9H2. The highest BCUT2D eigenvalue weighted by Crippen LogP contribution is 2.37. The number of phenols is 1. The fourth-order valence-electron chi connectivity index (χ4n) is 2.06. The second kappa shape index (κ2) is 5.38. The molecule has 2 aromatic rings. The van der Waals surface area contributed by atoms with Crippen LogP contribution in [0.5, 0.6) is 17.2 Å². The Labute approximate surface area is 115 Å². The summed E-state index contributed by atoms with van der Waals surface area (Å²) < 4.78 is 23.2. The number of hydrogen-bond donors (Lipinski definition) is 2. The molecule has 0 amide bonds. The van der Waals surface area contributed by atoms with E-state index < -0.39 is 0 Å². The molecule has 3 rings (SSSR count). The summed E-state index contributed by atoms with van der Waals surface area (Å²) in [7, 11) is 0. The monoisotopic (exact) mass is 275 g/mol. The predicted octanol–water partition coefficient (Wildman–Crippen LogP) is 2.55. The van der Waals surface area contributed by atoms with E-state index in [1.54, 1.807) is 24.3 Å². The molecule has 2 aromatic carbocycles. The molecule has 0 aromatic heterocycles. The van der Waals surface area contributed by atoms with Crippen molar-refractivity contribution in [1.82, 2.24) is 5.32 Å². The molecule has 0 aliphatic carbocycles. The minimum Gasteiger partial charge on any atom is -0.507 e. The molecule has 0 saturated carbocycles. The summed E-state index contributed by atoms with van der Waals surface area (Å²) in [6.45, 7) is 1.26. The van der Waals surface area contributed by atoms with E-state index in [1.165, 1.54) is 12.1 Å². The van der Waals surface area contributed by atoms with Gasteiger partial charge in [-0.15, -0.1) is 0 Å². The molecule has 0 unspecified atom stereocenters. The van der Waals surface area contributed by atoms with Crippen LogP contribution in [0.25, 0.3) is 0 Å². The highest BCUT2D eigenvalue weighted by molar-refractivity contribution is 5.51. The van der Waals surface area contributed by atoms with Crippen LogP contribution < -0.4 is 14.8 Å². The van der Waals surface area contributed by atoms with Crippen LogP contribution in [0.1, 0.15) is 11.1 Å². The van der Waals surface area contributed by atoms with Gasteiger partial charge >= 0.3 is 0 Å². The van der Waals surface area contributed by atoms with E-state index in [4.69, 9.17) is 9.47 Å². The Bertz CT molecular complexity index is 613. The minimum atomic E-state index is -0.248. The smallest absolute Gasteiger partial charge is 0.231 e. The van der Waals surface area contributed by atoms with Crippen molar-refractivity contribution in [2.24, 2.45) is 0 Å². The Kier molecular flexibility index (Phi) is 3.43. The molecule has 1 aliphatic heterocycles. The van der Waals surface area contributed by atoms with Crippen molar-refractivity contribution in [2.75, 3.05) is 6.79 Å². The molecule has 1 heterocycles. The summed E-state index contributed by atoms with van der Waals surface area (Å²) in [4.78, 5) is 0. The van der Waals surface area contributed by atoms with Crippen LogP contribution in [0.15, 0.2) is 36.4 Å². The molecule has 0 bridgehead atoms. The first-order valence-electron chi connectivity index (χ1n) is 6.29. The van der Waals surface area contributed by atoms with Gasteiger partial charge in [0.15, 0.2) is 11.5 Å². The lowest BCUT2D eigenvalue weighted by Crippen LogP contribution is -2.12. The van der Waals surface area contributed by atoms with Gasteiger partial charge in [0.1, 0.15) is 11.6 Å². The van der Waals surface area contributed by atoms with Crippen LogP contribution in [0.3, 0.4) is 0 Å². The van der Waals surface area contributed by atoms with Crippen LogP contribution in [0.2, 0.25) is 0 Å². The molecule has 5 heteroatoms. The fraction of sp³-hybridized carbons (Fsp3) is 0.200. The van der Waals surface area contributed by atoms with Crippen molar-refractivity contribution < 1.29 is 19.0 Å². The number of rotatable bonds is 4. The minimum absolute atomic E-state index is 0.167. The first kappa shape index (κ1) is 12.7. The maximum Gasteiger partial charge on any atom is 0.231 e. The Hall–Kier alpha value is -2.27. The molecule has 0 radical (unpaired) electrons. The van der Waals surface area contributed by atoms with Gasteiger partial charge < -0.3 is 19.9 Å². The molecule has 0 fully saturated rings. The number of aromatic hydroxyl groups is 1. The zero-order chi connectivity index (χ0) is 13.9. The zero-order valence-corrected chi connectivity index (χ0v) is 10.7. The second-order valence-corrected chi connectivity index (χ2v) is 4.56. The molecular weight excluding hydrogens is 261 g/mol. The fourth-order valence-corrected chi connectivity index (χ4v) is 2.06. The number of halogens is 1. The van der Waals surface area contributed by atoms with Gasteiger partial charge in [0.2, 0.25) is 6.79 Å². The quantitative estimate of drug-likeness (QED) is 0.900. The van der Waals surface area contributed by atoms with Gasteiger partial charge in [0, 0.05) is 24.7 Å².